The lowest BCUT2D eigenvalue weighted by Crippen LogP contribution is -2.56. The Balaban J connectivity index is 4.55. The van der Waals surface area contributed by atoms with E-state index in [1.165, 1.54) is 25.8 Å². The SMILES string of the molecule is CCC(COC)NC(=O)N(C)C(C)(C)C(=O)O. The van der Waals surface area contributed by atoms with E-state index in [0.29, 0.717) is 6.61 Å². The van der Waals surface area contributed by atoms with Gasteiger partial charge in [0.2, 0.25) is 0 Å². The number of rotatable bonds is 6. The molecule has 0 bridgehead atoms. The molecule has 100 valence electrons. The van der Waals surface area contributed by atoms with E-state index in [1.54, 1.807) is 7.11 Å². The Labute approximate surface area is 102 Å². The summed E-state index contributed by atoms with van der Waals surface area (Å²) in [5, 5.41) is 11.7. The number of nitrogens with one attached hydrogen (secondary N) is 1. The predicted octanol–water partition coefficient (Wildman–Crippen LogP) is 0.916. The number of aliphatic carboxylic acids is 1. The quantitative estimate of drug-likeness (QED) is 0.730. The number of carboxylic acid groups (broad SMARTS) is 1. The highest BCUT2D eigenvalue weighted by Crippen LogP contribution is 2.12. The number of methoxy groups -OCH3 is 1. The van der Waals surface area contributed by atoms with Gasteiger partial charge in [0.15, 0.2) is 0 Å². The van der Waals surface area contributed by atoms with Gasteiger partial charge in [-0.25, -0.2) is 9.59 Å². The van der Waals surface area contributed by atoms with Gasteiger partial charge in [0.25, 0.3) is 0 Å². The van der Waals surface area contributed by atoms with Gasteiger partial charge in [0.1, 0.15) is 5.54 Å². The highest BCUT2D eigenvalue weighted by Gasteiger charge is 2.35. The van der Waals surface area contributed by atoms with Crippen LogP contribution in [0.2, 0.25) is 0 Å². The molecule has 0 saturated heterocycles. The largest absolute Gasteiger partial charge is 0.480 e. The van der Waals surface area contributed by atoms with Gasteiger partial charge in [0.05, 0.1) is 12.6 Å². The summed E-state index contributed by atoms with van der Waals surface area (Å²) in [6.45, 7) is 5.29. The fraction of sp³-hybridized carbons (Fsp3) is 0.818. The first-order valence-electron chi connectivity index (χ1n) is 5.54. The first kappa shape index (κ1) is 15.7. The number of carbonyl (C=O) groups is 2. The highest BCUT2D eigenvalue weighted by atomic mass is 16.5. The number of likely N-dealkylation sites (N-methyl/N-ethyl adjacent to an activating group) is 1. The van der Waals surface area contributed by atoms with Crippen molar-refractivity contribution >= 4 is 12.0 Å². The molecule has 1 unspecified atom stereocenters. The van der Waals surface area contributed by atoms with Crippen molar-refractivity contribution in [1.29, 1.82) is 0 Å². The van der Waals surface area contributed by atoms with Gasteiger partial charge in [-0.3, -0.25) is 0 Å². The average molecular weight is 246 g/mol. The van der Waals surface area contributed by atoms with Crippen molar-refractivity contribution < 1.29 is 19.4 Å². The van der Waals surface area contributed by atoms with Gasteiger partial charge in [-0.1, -0.05) is 6.92 Å². The molecular formula is C11H22N2O4. The summed E-state index contributed by atoms with van der Waals surface area (Å²) in [5.41, 5.74) is -1.24. The molecule has 2 N–H and O–H groups in total. The molecule has 0 aromatic carbocycles. The molecule has 0 aromatic heterocycles. The van der Waals surface area contributed by atoms with Crippen LogP contribution in [0.3, 0.4) is 0 Å². The van der Waals surface area contributed by atoms with Crippen LogP contribution < -0.4 is 5.32 Å². The molecule has 6 nitrogen and oxygen atoms in total. The van der Waals surface area contributed by atoms with E-state index in [2.05, 4.69) is 5.32 Å². The maximum absolute atomic E-state index is 11.8. The molecule has 0 saturated carbocycles. The van der Waals surface area contributed by atoms with Gasteiger partial charge >= 0.3 is 12.0 Å². The fourth-order valence-electron chi connectivity index (χ4n) is 1.13. The summed E-state index contributed by atoms with van der Waals surface area (Å²) < 4.78 is 4.96. The number of amides is 2. The van der Waals surface area contributed by atoms with E-state index < -0.39 is 17.5 Å². The topological polar surface area (TPSA) is 78.9 Å². The van der Waals surface area contributed by atoms with Gasteiger partial charge in [0, 0.05) is 14.2 Å². The first-order chi connectivity index (χ1) is 7.77. The normalized spacial score (nSPS) is 13.0. The molecule has 6 heteroatoms. The summed E-state index contributed by atoms with van der Waals surface area (Å²) in [6.07, 6.45) is 0.723. The van der Waals surface area contributed by atoms with Crippen LogP contribution in [0.5, 0.6) is 0 Å². The fourth-order valence-corrected chi connectivity index (χ4v) is 1.13. The third-order valence-corrected chi connectivity index (χ3v) is 2.85. The van der Waals surface area contributed by atoms with E-state index in [1.807, 2.05) is 6.92 Å². The minimum absolute atomic E-state index is 0.112. The second-order valence-electron chi connectivity index (χ2n) is 4.43. The summed E-state index contributed by atoms with van der Waals surface area (Å²) in [4.78, 5) is 24.0. The van der Waals surface area contributed by atoms with Crippen molar-refractivity contribution in [1.82, 2.24) is 10.2 Å². The second-order valence-corrected chi connectivity index (χ2v) is 4.43. The van der Waals surface area contributed by atoms with Crippen LogP contribution in [-0.4, -0.2) is 54.4 Å². The predicted molar refractivity (Wildman–Crippen MR) is 64.0 cm³/mol. The van der Waals surface area contributed by atoms with Gasteiger partial charge < -0.3 is 20.1 Å². The molecule has 0 aliphatic carbocycles. The summed E-state index contributed by atoms with van der Waals surface area (Å²) >= 11 is 0. The van der Waals surface area contributed by atoms with Crippen molar-refractivity contribution in [3.63, 3.8) is 0 Å². The molecule has 2 amide bonds. The van der Waals surface area contributed by atoms with Crippen LogP contribution in [0.1, 0.15) is 27.2 Å². The van der Waals surface area contributed by atoms with E-state index >= 15 is 0 Å². The summed E-state index contributed by atoms with van der Waals surface area (Å²) in [6, 6.07) is -0.527. The highest BCUT2D eigenvalue weighted by molar-refractivity contribution is 5.85. The number of carboxylic acids is 1. The number of hydrogen-bond donors (Lipinski definition) is 2. The third-order valence-electron chi connectivity index (χ3n) is 2.85. The molecule has 0 aromatic rings. The smallest absolute Gasteiger partial charge is 0.329 e. The van der Waals surface area contributed by atoms with Crippen LogP contribution >= 0.6 is 0 Å². The van der Waals surface area contributed by atoms with Gasteiger partial charge in [-0.05, 0) is 20.3 Å². The lowest BCUT2D eigenvalue weighted by molar-refractivity contribution is -0.146. The lowest BCUT2D eigenvalue weighted by atomic mass is 10.0. The molecule has 1 atom stereocenters. The van der Waals surface area contributed by atoms with Gasteiger partial charge in [-0.15, -0.1) is 0 Å². The van der Waals surface area contributed by atoms with Crippen LogP contribution in [0.4, 0.5) is 4.79 Å². The van der Waals surface area contributed by atoms with E-state index in [9.17, 15) is 9.59 Å². The Morgan fingerprint density at radius 2 is 2.00 bits per heavy atom. The Morgan fingerprint density at radius 3 is 2.35 bits per heavy atom. The van der Waals surface area contributed by atoms with Crippen molar-refractivity contribution in [2.45, 2.75) is 38.8 Å². The monoisotopic (exact) mass is 246 g/mol. The zero-order valence-electron chi connectivity index (χ0n) is 11.1. The lowest BCUT2D eigenvalue weighted by Gasteiger charge is -2.32. The van der Waals surface area contributed by atoms with E-state index in [-0.39, 0.29) is 6.04 Å². The number of carbonyl (C=O) groups excluding carboxylic acids is 1. The van der Waals surface area contributed by atoms with Crippen LogP contribution in [0.25, 0.3) is 0 Å². The molecule has 0 spiro atoms. The third kappa shape index (κ3) is 4.22. The Hall–Kier alpha value is -1.30. The van der Waals surface area contributed by atoms with Crippen molar-refractivity contribution in [3.8, 4) is 0 Å². The molecule has 0 rings (SSSR count). The molecule has 0 aliphatic heterocycles. The standard InChI is InChI=1S/C11H22N2O4/c1-6-8(7-17-5)12-10(16)13(4)11(2,3)9(14)15/h8H,6-7H2,1-5H3,(H,12,16)(H,14,15). The van der Waals surface area contributed by atoms with E-state index in [4.69, 9.17) is 9.84 Å². The first-order valence-corrected chi connectivity index (χ1v) is 5.54. The summed E-state index contributed by atoms with van der Waals surface area (Å²) in [5.74, 6) is -1.05. The minimum atomic E-state index is -1.24. The molecule has 0 radical (unpaired) electrons. The Kier molecular flexibility index (Phi) is 5.95. The average Bonchev–Trinajstić information content (AvgIpc) is 2.26. The molecular weight excluding hydrogens is 224 g/mol. The Morgan fingerprint density at radius 1 is 1.47 bits per heavy atom. The minimum Gasteiger partial charge on any atom is -0.480 e. The van der Waals surface area contributed by atoms with Crippen LogP contribution in [0, 0.1) is 0 Å². The number of urea groups is 1. The zero-order valence-corrected chi connectivity index (χ0v) is 11.1. The molecule has 0 heterocycles. The number of nitrogens with zero attached hydrogens (tertiary/aromatic N) is 1. The van der Waals surface area contributed by atoms with Crippen molar-refractivity contribution in [2.75, 3.05) is 20.8 Å². The molecule has 0 aliphatic rings. The number of ether oxygens (including phenoxy) is 1. The maximum Gasteiger partial charge on any atom is 0.329 e. The zero-order chi connectivity index (χ0) is 13.6. The van der Waals surface area contributed by atoms with Crippen LogP contribution in [0.15, 0.2) is 0 Å². The van der Waals surface area contributed by atoms with E-state index in [0.717, 1.165) is 6.42 Å². The van der Waals surface area contributed by atoms with Crippen molar-refractivity contribution in [2.24, 2.45) is 0 Å². The maximum atomic E-state index is 11.8. The van der Waals surface area contributed by atoms with Crippen molar-refractivity contribution in [3.05, 3.63) is 0 Å². The summed E-state index contributed by atoms with van der Waals surface area (Å²) in [7, 11) is 3.02. The van der Waals surface area contributed by atoms with Gasteiger partial charge in [-0.2, -0.15) is 0 Å². The van der Waals surface area contributed by atoms with Crippen LogP contribution in [-0.2, 0) is 9.53 Å². The molecule has 17 heavy (non-hydrogen) atoms. The Bertz CT molecular complexity index is 279. The molecule has 0 fully saturated rings. The number of hydrogen-bond acceptors (Lipinski definition) is 3. The second kappa shape index (κ2) is 6.44.